The summed E-state index contributed by atoms with van der Waals surface area (Å²) in [4.78, 5) is 24.9. The Bertz CT molecular complexity index is 551. The molecule has 0 aliphatic heterocycles. The van der Waals surface area contributed by atoms with Gasteiger partial charge in [-0.25, -0.2) is 0 Å². The summed E-state index contributed by atoms with van der Waals surface area (Å²) in [5, 5.41) is 14.3. The summed E-state index contributed by atoms with van der Waals surface area (Å²) in [5.41, 5.74) is 0. The van der Waals surface area contributed by atoms with Crippen molar-refractivity contribution < 1.29 is 14.7 Å². The van der Waals surface area contributed by atoms with Gasteiger partial charge in [0.15, 0.2) is 0 Å². The molecule has 3 rings (SSSR count). The third-order valence-electron chi connectivity index (χ3n) is 4.38. The highest BCUT2D eigenvalue weighted by atomic mass is 32.1. The van der Waals surface area contributed by atoms with E-state index >= 15 is 0 Å². The first-order valence-corrected chi connectivity index (χ1v) is 7.71. The van der Waals surface area contributed by atoms with Crippen LogP contribution >= 0.6 is 11.3 Å². The Morgan fingerprint density at radius 3 is 2.65 bits per heavy atom. The Labute approximate surface area is 121 Å². The van der Waals surface area contributed by atoms with Crippen molar-refractivity contribution in [2.75, 3.05) is 0 Å². The van der Waals surface area contributed by atoms with Crippen LogP contribution in [-0.2, 0) is 9.59 Å². The molecule has 0 spiro atoms. The standard InChI is InChI=1S/C15H17NO3S/c1-8(11-3-2-6-20-11)16-14(17)12-9-4-5-10(7-9)13(12)15(18)19/h2-6,8-10,12-13H,7H2,1H3,(H,16,17)(H,18,19)/t8-,9?,10?,12?,13?/m1/s1. The number of rotatable bonds is 4. The maximum Gasteiger partial charge on any atom is 0.307 e. The van der Waals surface area contributed by atoms with E-state index < -0.39 is 17.8 Å². The van der Waals surface area contributed by atoms with Crippen LogP contribution in [0.15, 0.2) is 29.7 Å². The number of carbonyl (C=O) groups is 2. The topological polar surface area (TPSA) is 66.4 Å². The number of aliphatic carboxylic acids is 1. The molecule has 106 valence electrons. The molecule has 1 heterocycles. The molecule has 4 unspecified atom stereocenters. The fourth-order valence-corrected chi connectivity index (χ4v) is 4.17. The quantitative estimate of drug-likeness (QED) is 0.837. The van der Waals surface area contributed by atoms with Gasteiger partial charge in [-0.3, -0.25) is 9.59 Å². The molecule has 4 nitrogen and oxygen atoms in total. The van der Waals surface area contributed by atoms with Crippen LogP contribution in [0.4, 0.5) is 0 Å². The highest BCUT2D eigenvalue weighted by Gasteiger charge is 2.51. The Hall–Kier alpha value is -1.62. The molecule has 1 aromatic heterocycles. The number of hydrogen-bond acceptors (Lipinski definition) is 3. The highest BCUT2D eigenvalue weighted by Crippen LogP contribution is 2.48. The van der Waals surface area contributed by atoms with Crippen LogP contribution in [-0.4, -0.2) is 17.0 Å². The third-order valence-corrected chi connectivity index (χ3v) is 5.43. The highest BCUT2D eigenvalue weighted by molar-refractivity contribution is 7.10. The van der Waals surface area contributed by atoms with Gasteiger partial charge in [-0.2, -0.15) is 0 Å². The van der Waals surface area contributed by atoms with Gasteiger partial charge in [-0.1, -0.05) is 18.2 Å². The minimum absolute atomic E-state index is 0.0188. The Kier molecular flexibility index (Phi) is 3.38. The van der Waals surface area contributed by atoms with Crippen molar-refractivity contribution in [2.45, 2.75) is 19.4 Å². The van der Waals surface area contributed by atoms with Gasteiger partial charge in [0.2, 0.25) is 5.91 Å². The van der Waals surface area contributed by atoms with Crippen LogP contribution in [0.5, 0.6) is 0 Å². The zero-order valence-electron chi connectivity index (χ0n) is 11.2. The summed E-state index contributed by atoms with van der Waals surface area (Å²) in [7, 11) is 0. The van der Waals surface area contributed by atoms with E-state index in [0.717, 1.165) is 11.3 Å². The molecule has 20 heavy (non-hydrogen) atoms. The van der Waals surface area contributed by atoms with Gasteiger partial charge < -0.3 is 10.4 Å². The van der Waals surface area contributed by atoms with E-state index in [4.69, 9.17) is 0 Å². The van der Waals surface area contributed by atoms with E-state index in [-0.39, 0.29) is 23.8 Å². The van der Waals surface area contributed by atoms with Gasteiger partial charge >= 0.3 is 5.97 Å². The van der Waals surface area contributed by atoms with E-state index in [1.54, 1.807) is 11.3 Å². The summed E-state index contributed by atoms with van der Waals surface area (Å²) < 4.78 is 0. The maximum atomic E-state index is 12.5. The molecule has 5 atom stereocenters. The molecule has 2 aliphatic rings. The normalized spacial score (nSPS) is 32.2. The lowest BCUT2D eigenvalue weighted by Crippen LogP contribution is -2.40. The zero-order valence-corrected chi connectivity index (χ0v) is 12.0. The molecule has 1 aromatic rings. The van der Waals surface area contributed by atoms with Crippen LogP contribution in [0.25, 0.3) is 0 Å². The van der Waals surface area contributed by atoms with Crippen molar-refractivity contribution in [2.24, 2.45) is 23.7 Å². The summed E-state index contributed by atoms with van der Waals surface area (Å²) in [5.74, 6) is -1.88. The second kappa shape index (κ2) is 5.05. The summed E-state index contributed by atoms with van der Waals surface area (Å²) in [6.45, 7) is 1.93. The lowest BCUT2D eigenvalue weighted by molar-refractivity contribution is -0.148. The molecule has 0 aromatic carbocycles. The first-order chi connectivity index (χ1) is 9.58. The number of carboxylic acid groups (broad SMARTS) is 1. The molecule has 1 amide bonds. The first kappa shape index (κ1) is 13.4. The molecule has 2 aliphatic carbocycles. The van der Waals surface area contributed by atoms with E-state index in [9.17, 15) is 14.7 Å². The van der Waals surface area contributed by atoms with Crippen LogP contribution in [0.2, 0.25) is 0 Å². The monoisotopic (exact) mass is 291 g/mol. The minimum atomic E-state index is -0.856. The largest absolute Gasteiger partial charge is 0.481 e. The van der Waals surface area contributed by atoms with Crippen molar-refractivity contribution in [1.29, 1.82) is 0 Å². The van der Waals surface area contributed by atoms with Gasteiger partial charge in [-0.15, -0.1) is 11.3 Å². The predicted octanol–water partition coefficient (Wildman–Crippen LogP) is 2.45. The van der Waals surface area contributed by atoms with Gasteiger partial charge in [0.25, 0.3) is 0 Å². The molecule has 0 saturated heterocycles. The lowest BCUT2D eigenvalue weighted by Gasteiger charge is -2.25. The molecule has 1 fully saturated rings. The number of fused-ring (bicyclic) bond motifs is 2. The van der Waals surface area contributed by atoms with Crippen molar-refractivity contribution in [3.63, 3.8) is 0 Å². The van der Waals surface area contributed by atoms with Gasteiger partial charge in [0.1, 0.15) is 0 Å². The zero-order chi connectivity index (χ0) is 14.3. The fraction of sp³-hybridized carbons (Fsp3) is 0.467. The van der Waals surface area contributed by atoms with Crippen LogP contribution < -0.4 is 5.32 Å². The fourth-order valence-electron chi connectivity index (χ4n) is 3.43. The molecule has 5 heteroatoms. The number of allylic oxidation sites excluding steroid dienone is 2. The van der Waals surface area contributed by atoms with Crippen molar-refractivity contribution in [3.05, 3.63) is 34.5 Å². The van der Waals surface area contributed by atoms with Crippen molar-refractivity contribution >= 4 is 23.2 Å². The number of carbonyl (C=O) groups excluding carboxylic acids is 1. The number of carboxylic acids is 1. The van der Waals surface area contributed by atoms with Gasteiger partial charge in [-0.05, 0) is 36.6 Å². The van der Waals surface area contributed by atoms with E-state index in [1.165, 1.54) is 0 Å². The number of hydrogen-bond donors (Lipinski definition) is 2. The van der Waals surface area contributed by atoms with E-state index in [1.807, 2.05) is 36.6 Å². The van der Waals surface area contributed by atoms with Crippen molar-refractivity contribution in [3.8, 4) is 0 Å². The first-order valence-electron chi connectivity index (χ1n) is 6.83. The molecule has 0 radical (unpaired) electrons. The summed E-state index contributed by atoms with van der Waals surface area (Å²) in [6.07, 6.45) is 4.75. The second-order valence-electron chi connectivity index (χ2n) is 5.58. The van der Waals surface area contributed by atoms with E-state index in [2.05, 4.69) is 5.32 Å². The molecular formula is C15H17NO3S. The predicted molar refractivity (Wildman–Crippen MR) is 76.2 cm³/mol. The number of thiophene rings is 1. The van der Waals surface area contributed by atoms with E-state index in [0.29, 0.717) is 0 Å². The molecule has 2 bridgehead atoms. The molecule has 2 N–H and O–H groups in total. The Morgan fingerprint density at radius 2 is 2.05 bits per heavy atom. The average molecular weight is 291 g/mol. The van der Waals surface area contributed by atoms with Crippen LogP contribution in [0.1, 0.15) is 24.3 Å². The van der Waals surface area contributed by atoms with Crippen LogP contribution in [0.3, 0.4) is 0 Å². The molecule has 1 saturated carbocycles. The van der Waals surface area contributed by atoms with Crippen LogP contribution in [0, 0.1) is 23.7 Å². The maximum absolute atomic E-state index is 12.5. The summed E-state index contributed by atoms with van der Waals surface area (Å²) >= 11 is 1.59. The Balaban J connectivity index is 1.73. The van der Waals surface area contributed by atoms with Gasteiger partial charge in [0.05, 0.1) is 17.9 Å². The molecular weight excluding hydrogens is 274 g/mol. The lowest BCUT2D eigenvalue weighted by atomic mass is 9.82. The van der Waals surface area contributed by atoms with Crippen molar-refractivity contribution in [1.82, 2.24) is 5.32 Å². The average Bonchev–Trinajstić information content (AvgIpc) is 3.13. The van der Waals surface area contributed by atoms with Gasteiger partial charge in [0, 0.05) is 4.88 Å². The third kappa shape index (κ3) is 2.16. The summed E-state index contributed by atoms with van der Waals surface area (Å²) in [6, 6.07) is 3.86. The smallest absolute Gasteiger partial charge is 0.307 e. The Morgan fingerprint density at radius 1 is 1.35 bits per heavy atom. The number of amides is 1. The number of nitrogens with one attached hydrogen (secondary N) is 1. The minimum Gasteiger partial charge on any atom is -0.481 e. The second-order valence-corrected chi connectivity index (χ2v) is 6.56. The SMILES string of the molecule is C[C@@H](NC(=O)C1C2C=CC(C2)C1C(=O)O)c1cccs1.